The summed E-state index contributed by atoms with van der Waals surface area (Å²) in [5.41, 5.74) is 2.43. The Balaban J connectivity index is 1.43. The van der Waals surface area contributed by atoms with Crippen LogP contribution in [0.3, 0.4) is 0 Å². The summed E-state index contributed by atoms with van der Waals surface area (Å²) in [4.78, 5) is 22.5. The molecule has 13 heteroatoms. The lowest BCUT2D eigenvalue weighted by molar-refractivity contribution is -0.147. The van der Waals surface area contributed by atoms with Crippen molar-refractivity contribution < 1.29 is 27.6 Å². The quantitative estimate of drug-likeness (QED) is 0.308. The standard InChI is InChI=1S/C30H32F2N6O4S/c1-16-12-22-27(33-13-16)42-30(9-10-30)15-37(43(22)41)14-21-17(2)6-7-20(34-21)23(29(4,5)28(39)40)19-8-11-38-25(18(19)3)35-36-26(38)24(31)32/h6-8,11-13,23-24H,9-10,14-15H2,1-5H3,(H,39,40). The Hall–Kier alpha value is -3.84. The van der Waals surface area contributed by atoms with Crippen molar-refractivity contribution in [1.29, 1.82) is 0 Å². The molecule has 6 rings (SSSR count). The van der Waals surface area contributed by atoms with Crippen LogP contribution in [-0.4, -0.2) is 56.3 Å². The number of carboxylic acids is 1. The van der Waals surface area contributed by atoms with Gasteiger partial charge in [-0.1, -0.05) is 6.07 Å². The van der Waals surface area contributed by atoms with E-state index in [1.807, 2.05) is 30.3 Å². The summed E-state index contributed by atoms with van der Waals surface area (Å²) >= 11 is 0. The van der Waals surface area contributed by atoms with Gasteiger partial charge in [0.2, 0.25) is 11.7 Å². The van der Waals surface area contributed by atoms with Crippen LogP contribution in [0.1, 0.15) is 78.5 Å². The second-order valence-corrected chi connectivity index (χ2v) is 13.5. The molecule has 1 aliphatic heterocycles. The van der Waals surface area contributed by atoms with Crippen LogP contribution in [0.2, 0.25) is 0 Å². The monoisotopic (exact) mass is 610 g/mol. The minimum atomic E-state index is -2.82. The third kappa shape index (κ3) is 5.07. The lowest BCUT2D eigenvalue weighted by Gasteiger charge is -2.32. The van der Waals surface area contributed by atoms with Gasteiger partial charge in [-0.3, -0.25) is 14.2 Å². The van der Waals surface area contributed by atoms with Crippen LogP contribution < -0.4 is 4.74 Å². The molecule has 1 spiro atoms. The van der Waals surface area contributed by atoms with Gasteiger partial charge < -0.3 is 9.84 Å². The van der Waals surface area contributed by atoms with Crippen LogP contribution in [0.5, 0.6) is 5.88 Å². The van der Waals surface area contributed by atoms with E-state index in [4.69, 9.17) is 9.72 Å². The summed E-state index contributed by atoms with van der Waals surface area (Å²) in [5.74, 6) is -1.90. The van der Waals surface area contributed by atoms with Crippen molar-refractivity contribution in [2.24, 2.45) is 5.41 Å². The van der Waals surface area contributed by atoms with E-state index in [0.29, 0.717) is 39.8 Å². The second-order valence-electron chi connectivity index (χ2n) is 12.1. The van der Waals surface area contributed by atoms with Gasteiger partial charge in [0.15, 0.2) is 5.65 Å². The molecule has 0 radical (unpaired) electrons. The van der Waals surface area contributed by atoms with Gasteiger partial charge in [-0.25, -0.2) is 22.3 Å². The Kier molecular flexibility index (Phi) is 7.08. The highest BCUT2D eigenvalue weighted by atomic mass is 32.2. The minimum absolute atomic E-state index is 0.226. The predicted molar refractivity (Wildman–Crippen MR) is 153 cm³/mol. The zero-order chi connectivity index (χ0) is 30.8. The van der Waals surface area contributed by atoms with E-state index < -0.39 is 46.1 Å². The zero-order valence-corrected chi connectivity index (χ0v) is 25.3. The van der Waals surface area contributed by atoms with Crippen LogP contribution in [0.4, 0.5) is 8.78 Å². The van der Waals surface area contributed by atoms with E-state index in [1.165, 1.54) is 10.6 Å². The molecule has 1 saturated carbocycles. The van der Waals surface area contributed by atoms with E-state index in [1.54, 1.807) is 39.1 Å². The Morgan fingerprint density at radius 3 is 2.60 bits per heavy atom. The first-order chi connectivity index (χ1) is 20.3. The van der Waals surface area contributed by atoms with Crippen molar-refractivity contribution in [3.05, 3.63) is 76.1 Å². The number of halogens is 2. The van der Waals surface area contributed by atoms with Crippen molar-refractivity contribution in [2.45, 2.75) is 76.8 Å². The van der Waals surface area contributed by atoms with E-state index >= 15 is 0 Å². The highest BCUT2D eigenvalue weighted by Crippen LogP contribution is 2.46. The zero-order valence-electron chi connectivity index (χ0n) is 24.5. The number of aryl methyl sites for hydroxylation is 3. The molecule has 0 saturated heterocycles. The van der Waals surface area contributed by atoms with Crippen LogP contribution in [0.25, 0.3) is 5.65 Å². The lowest BCUT2D eigenvalue weighted by atomic mass is 9.72. The fraction of sp³-hybridized carbons (Fsp3) is 0.433. The molecule has 10 nitrogen and oxygen atoms in total. The number of fused-ring (bicyclic) bond motifs is 2. The molecule has 2 unspecified atom stereocenters. The Labute approximate surface area is 249 Å². The summed E-state index contributed by atoms with van der Waals surface area (Å²) in [6.07, 6.45) is 1.99. The highest BCUT2D eigenvalue weighted by molar-refractivity contribution is 7.82. The first-order valence-electron chi connectivity index (χ1n) is 14.0. The SMILES string of the molecule is Cc1cnc2c(c1)S(=O)N(Cc1nc(C(c3ccn4c(C(F)F)nnc4c3C)C(C)(C)C(=O)O)ccc1C)CC1(CC1)O2. The Morgan fingerprint density at radius 2 is 1.93 bits per heavy atom. The number of rotatable bonds is 7. The molecular weight excluding hydrogens is 578 g/mol. The molecule has 0 amide bonds. The fourth-order valence-corrected chi connectivity index (χ4v) is 7.10. The van der Waals surface area contributed by atoms with Crippen LogP contribution in [0, 0.1) is 26.2 Å². The Bertz CT molecular complexity index is 1790. The Morgan fingerprint density at radius 1 is 1.19 bits per heavy atom. The number of nitrogens with zero attached hydrogens (tertiary/aromatic N) is 6. The fourth-order valence-electron chi connectivity index (χ4n) is 5.70. The van der Waals surface area contributed by atoms with Gasteiger partial charge in [-0.05, 0) is 87.9 Å². The number of alkyl halides is 2. The second kappa shape index (κ2) is 10.4. The number of pyridine rings is 3. The number of carbonyl (C=O) groups is 1. The van der Waals surface area contributed by atoms with Gasteiger partial charge in [0.1, 0.15) is 21.5 Å². The maximum Gasteiger partial charge on any atom is 0.310 e. The smallest absolute Gasteiger partial charge is 0.310 e. The first-order valence-corrected chi connectivity index (χ1v) is 15.1. The number of ether oxygens (including phenoxy) is 1. The van der Waals surface area contributed by atoms with Crippen LogP contribution >= 0.6 is 0 Å². The van der Waals surface area contributed by atoms with Crippen molar-refractivity contribution in [2.75, 3.05) is 6.54 Å². The molecule has 5 heterocycles. The van der Waals surface area contributed by atoms with Crippen molar-refractivity contribution in [3.8, 4) is 5.88 Å². The highest BCUT2D eigenvalue weighted by Gasteiger charge is 2.51. The molecule has 226 valence electrons. The van der Waals surface area contributed by atoms with E-state index in [9.17, 15) is 22.9 Å². The average Bonchev–Trinajstić information content (AvgIpc) is 3.58. The molecule has 4 aromatic rings. The van der Waals surface area contributed by atoms with E-state index in [2.05, 4.69) is 15.2 Å². The van der Waals surface area contributed by atoms with Crippen molar-refractivity contribution >= 4 is 22.6 Å². The van der Waals surface area contributed by atoms with Gasteiger partial charge in [-0.2, -0.15) is 0 Å². The molecule has 1 N–H and O–H groups in total. The number of aromatic nitrogens is 5. The van der Waals surface area contributed by atoms with Gasteiger partial charge in [0, 0.05) is 24.0 Å². The molecule has 43 heavy (non-hydrogen) atoms. The van der Waals surface area contributed by atoms with Gasteiger partial charge in [-0.15, -0.1) is 10.2 Å². The van der Waals surface area contributed by atoms with Crippen molar-refractivity contribution in [3.63, 3.8) is 0 Å². The molecule has 0 bridgehead atoms. The predicted octanol–water partition coefficient (Wildman–Crippen LogP) is 5.07. The first kappa shape index (κ1) is 29.2. The summed E-state index contributed by atoms with van der Waals surface area (Å²) in [6.45, 7) is 9.42. The largest absolute Gasteiger partial charge is 0.481 e. The third-order valence-electron chi connectivity index (χ3n) is 8.48. The van der Waals surface area contributed by atoms with Crippen LogP contribution in [0.15, 0.2) is 41.6 Å². The molecule has 1 fully saturated rings. The topological polar surface area (TPSA) is 123 Å². The van der Waals surface area contributed by atoms with Gasteiger partial charge in [0.05, 0.1) is 24.2 Å². The summed E-state index contributed by atoms with van der Waals surface area (Å²) in [7, 11) is -1.56. The van der Waals surface area contributed by atoms with E-state index in [-0.39, 0.29) is 12.2 Å². The normalized spacial score (nSPS) is 18.8. The number of hydrogen-bond donors (Lipinski definition) is 1. The number of carboxylic acid groups (broad SMARTS) is 1. The average molecular weight is 611 g/mol. The summed E-state index contributed by atoms with van der Waals surface area (Å²) < 4.78 is 50.2. The molecule has 4 aromatic heterocycles. The van der Waals surface area contributed by atoms with E-state index in [0.717, 1.165) is 24.0 Å². The third-order valence-corrected chi connectivity index (χ3v) is 9.88. The van der Waals surface area contributed by atoms with Crippen LogP contribution in [-0.2, 0) is 22.3 Å². The molecule has 2 aliphatic rings. The maximum absolute atomic E-state index is 13.9. The molecular formula is C30H32F2N6O4S. The summed E-state index contributed by atoms with van der Waals surface area (Å²) in [5, 5.41) is 18.0. The van der Waals surface area contributed by atoms with Gasteiger partial charge in [0.25, 0.3) is 6.43 Å². The molecule has 1 aliphatic carbocycles. The maximum atomic E-state index is 13.9. The minimum Gasteiger partial charge on any atom is -0.481 e. The van der Waals surface area contributed by atoms with Crippen molar-refractivity contribution in [1.82, 2.24) is 28.9 Å². The molecule has 0 aromatic carbocycles. The summed E-state index contributed by atoms with van der Waals surface area (Å²) in [6, 6.07) is 7.14. The van der Waals surface area contributed by atoms with Gasteiger partial charge >= 0.3 is 5.97 Å². The molecule has 2 atom stereocenters. The number of aliphatic carboxylic acids is 1. The number of hydrogen-bond acceptors (Lipinski definition) is 7. The lowest BCUT2D eigenvalue weighted by Crippen LogP contribution is -2.36.